The number of anilines is 1. The van der Waals surface area contributed by atoms with E-state index in [2.05, 4.69) is 10.3 Å². The maximum absolute atomic E-state index is 11.8. The molecule has 0 aliphatic rings. The van der Waals surface area contributed by atoms with Crippen molar-refractivity contribution in [2.75, 3.05) is 5.32 Å². The Morgan fingerprint density at radius 3 is 2.44 bits per heavy atom. The molecule has 0 unspecified atom stereocenters. The van der Waals surface area contributed by atoms with Gasteiger partial charge in [-0.1, -0.05) is 0 Å². The van der Waals surface area contributed by atoms with Gasteiger partial charge in [0.15, 0.2) is 0 Å². The second-order valence-corrected chi connectivity index (χ2v) is 6.34. The Labute approximate surface area is 146 Å². The third-order valence-corrected chi connectivity index (χ3v) is 2.96. The predicted molar refractivity (Wildman–Crippen MR) is 94.2 cm³/mol. The van der Waals surface area contributed by atoms with Crippen molar-refractivity contribution in [3.63, 3.8) is 0 Å². The van der Waals surface area contributed by atoms with Crippen LogP contribution in [0.3, 0.4) is 0 Å². The van der Waals surface area contributed by atoms with Gasteiger partial charge in [-0.15, -0.1) is 0 Å². The Morgan fingerprint density at radius 1 is 1.20 bits per heavy atom. The van der Waals surface area contributed by atoms with Gasteiger partial charge in [-0.05, 0) is 51.1 Å². The molecule has 0 atom stereocenters. The minimum Gasteiger partial charge on any atom is -0.444 e. The van der Waals surface area contributed by atoms with Gasteiger partial charge < -0.3 is 14.0 Å². The number of amides is 1. The molecule has 7 nitrogen and oxygen atoms in total. The van der Waals surface area contributed by atoms with Gasteiger partial charge in [-0.2, -0.15) is 0 Å². The van der Waals surface area contributed by atoms with Crippen LogP contribution in [0.1, 0.15) is 26.5 Å². The average Bonchev–Trinajstić information content (AvgIpc) is 2.90. The third-order valence-electron chi connectivity index (χ3n) is 2.96. The van der Waals surface area contributed by atoms with Crippen LogP contribution >= 0.6 is 0 Å². The number of ether oxygens (including phenoxy) is 2. The summed E-state index contributed by atoms with van der Waals surface area (Å²) in [5, 5.41) is 2.60. The van der Waals surface area contributed by atoms with E-state index in [1.165, 1.54) is 6.08 Å². The number of nitrogens with zero attached hydrogens (tertiary/aromatic N) is 2. The average molecular weight is 343 g/mol. The Hall–Kier alpha value is -3.09. The van der Waals surface area contributed by atoms with Gasteiger partial charge in [-0.25, -0.2) is 14.6 Å². The summed E-state index contributed by atoms with van der Waals surface area (Å²) in [4.78, 5) is 27.4. The zero-order chi connectivity index (χ0) is 18.4. The zero-order valence-corrected chi connectivity index (χ0v) is 14.6. The summed E-state index contributed by atoms with van der Waals surface area (Å²) < 4.78 is 12.1. The second-order valence-electron chi connectivity index (χ2n) is 6.34. The molecule has 1 N–H and O–H groups in total. The molecule has 132 valence electrons. The number of hydrogen-bond acceptors (Lipinski definition) is 5. The van der Waals surface area contributed by atoms with E-state index in [-0.39, 0.29) is 0 Å². The molecule has 2 aromatic rings. The van der Waals surface area contributed by atoms with Crippen LogP contribution in [0, 0.1) is 0 Å². The molecule has 2 rings (SSSR count). The van der Waals surface area contributed by atoms with Crippen LogP contribution in [-0.4, -0.2) is 27.2 Å². The molecule has 0 fully saturated rings. The summed E-state index contributed by atoms with van der Waals surface area (Å²) in [6.07, 6.45) is 5.68. The zero-order valence-electron chi connectivity index (χ0n) is 14.6. The number of aryl methyl sites for hydroxylation is 1. The highest BCUT2D eigenvalue weighted by atomic mass is 16.6. The van der Waals surface area contributed by atoms with E-state index in [1.807, 2.05) is 7.05 Å². The van der Waals surface area contributed by atoms with Gasteiger partial charge in [-0.3, -0.25) is 5.32 Å². The van der Waals surface area contributed by atoms with Crippen molar-refractivity contribution >= 4 is 23.8 Å². The largest absolute Gasteiger partial charge is 0.444 e. The Morgan fingerprint density at radius 2 is 1.88 bits per heavy atom. The summed E-state index contributed by atoms with van der Waals surface area (Å²) in [5.74, 6) is -0.136. The van der Waals surface area contributed by atoms with E-state index < -0.39 is 17.7 Å². The van der Waals surface area contributed by atoms with Gasteiger partial charge in [0.05, 0.1) is 18.2 Å². The van der Waals surface area contributed by atoms with E-state index in [4.69, 9.17) is 9.47 Å². The number of hydrogen-bond donors (Lipinski definition) is 1. The van der Waals surface area contributed by atoms with Crippen LogP contribution < -0.4 is 10.1 Å². The third kappa shape index (κ3) is 6.14. The second kappa shape index (κ2) is 7.65. The lowest BCUT2D eigenvalue weighted by molar-refractivity contribution is -0.128. The molecular formula is C18H21N3O4. The molecule has 0 aliphatic carbocycles. The Bertz CT molecular complexity index is 770. The first-order chi connectivity index (χ1) is 11.7. The molecule has 1 heterocycles. The number of aromatic nitrogens is 2. The number of imidazole rings is 1. The molecule has 0 spiro atoms. The van der Waals surface area contributed by atoms with E-state index in [1.54, 1.807) is 68.2 Å². The summed E-state index contributed by atoms with van der Waals surface area (Å²) in [6.45, 7) is 5.36. The van der Waals surface area contributed by atoms with Gasteiger partial charge in [0.2, 0.25) is 0 Å². The highest BCUT2D eigenvalue weighted by molar-refractivity contribution is 5.88. The van der Waals surface area contributed by atoms with E-state index >= 15 is 0 Å². The van der Waals surface area contributed by atoms with Crippen molar-refractivity contribution in [1.29, 1.82) is 0 Å². The molecule has 7 heteroatoms. The molecule has 0 bridgehead atoms. The van der Waals surface area contributed by atoms with Gasteiger partial charge in [0.25, 0.3) is 0 Å². The van der Waals surface area contributed by atoms with E-state index in [0.29, 0.717) is 11.4 Å². The first kappa shape index (κ1) is 18.3. The van der Waals surface area contributed by atoms with Crippen LogP contribution in [-0.2, 0) is 16.6 Å². The molecule has 1 aromatic carbocycles. The van der Waals surface area contributed by atoms with Crippen molar-refractivity contribution in [2.45, 2.75) is 26.4 Å². The minimum absolute atomic E-state index is 0.370. The SMILES string of the molecule is Cn1cncc1/C=C/C(=O)Oc1ccc(NC(=O)OC(C)(C)C)cc1. The summed E-state index contributed by atoms with van der Waals surface area (Å²) in [6, 6.07) is 6.42. The van der Waals surface area contributed by atoms with Crippen LogP contribution in [0.5, 0.6) is 5.75 Å². The van der Waals surface area contributed by atoms with Gasteiger partial charge >= 0.3 is 12.1 Å². The molecule has 0 saturated carbocycles. The maximum atomic E-state index is 11.8. The maximum Gasteiger partial charge on any atom is 0.412 e. The quantitative estimate of drug-likeness (QED) is 0.523. The van der Waals surface area contributed by atoms with Crippen molar-refractivity contribution in [1.82, 2.24) is 9.55 Å². The number of benzene rings is 1. The summed E-state index contributed by atoms with van der Waals surface area (Å²) >= 11 is 0. The first-order valence-electron chi connectivity index (χ1n) is 7.69. The van der Waals surface area contributed by atoms with Crippen molar-refractivity contribution in [3.8, 4) is 5.75 Å². The van der Waals surface area contributed by atoms with Gasteiger partial charge in [0, 0.05) is 18.8 Å². The number of carbonyl (C=O) groups is 2. The molecule has 0 aliphatic heterocycles. The number of rotatable bonds is 4. The van der Waals surface area contributed by atoms with Gasteiger partial charge in [0.1, 0.15) is 11.4 Å². The van der Waals surface area contributed by atoms with Crippen molar-refractivity contribution in [3.05, 3.63) is 48.6 Å². The predicted octanol–water partition coefficient (Wildman–Crippen LogP) is 3.39. The fourth-order valence-corrected chi connectivity index (χ4v) is 1.86. The molecule has 1 aromatic heterocycles. The van der Waals surface area contributed by atoms with E-state index in [0.717, 1.165) is 5.69 Å². The monoisotopic (exact) mass is 343 g/mol. The van der Waals surface area contributed by atoms with Crippen LogP contribution in [0.15, 0.2) is 42.9 Å². The smallest absolute Gasteiger partial charge is 0.412 e. The molecule has 25 heavy (non-hydrogen) atoms. The lowest BCUT2D eigenvalue weighted by atomic mass is 10.2. The normalized spacial score (nSPS) is 11.4. The first-order valence-corrected chi connectivity index (χ1v) is 7.69. The Balaban J connectivity index is 1.89. The molecule has 0 radical (unpaired) electrons. The van der Waals surface area contributed by atoms with Crippen LogP contribution in [0.2, 0.25) is 0 Å². The lowest BCUT2D eigenvalue weighted by Gasteiger charge is -2.19. The Kier molecular flexibility index (Phi) is 5.59. The summed E-state index contributed by atoms with van der Waals surface area (Å²) in [7, 11) is 1.83. The number of esters is 1. The standard InChI is InChI=1S/C18H21N3O4/c1-18(2,3)25-17(23)20-13-5-8-15(9-6-13)24-16(22)10-7-14-11-19-12-21(14)4/h5-12H,1-4H3,(H,20,23)/b10-7+. The number of carbonyl (C=O) groups excluding carboxylic acids is 2. The van der Waals surface area contributed by atoms with Crippen LogP contribution in [0.4, 0.5) is 10.5 Å². The summed E-state index contributed by atoms with van der Waals surface area (Å²) in [5.41, 5.74) is 0.757. The van der Waals surface area contributed by atoms with Crippen molar-refractivity contribution in [2.24, 2.45) is 7.05 Å². The molecular weight excluding hydrogens is 322 g/mol. The fraction of sp³-hybridized carbons (Fsp3) is 0.278. The number of nitrogens with one attached hydrogen (secondary N) is 1. The topological polar surface area (TPSA) is 82.5 Å². The van der Waals surface area contributed by atoms with Crippen molar-refractivity contribution < 1.29 is 19.1 Å². The lowest BCUT2D eigenvalue weighted by Crippen LogP contribution is -2.27. The molecule has 0 saturated heterocycles. The fourth-order valence-electron chi connectivity index (χ4n) is 1.86. The van der Waals surface area contributed by atoms with Crippen LogP contribution in [0.25, 0.3) is 6.08 Å². The highest BCUT2D eigenvalue weighted by Gasteiger charge is 2.16. The minimum atomic E-state index is -0.570. The highest BCUT2D eigenvalue weighted by Crippen LogP contribution is 2.17. The van der Waals surface area contributed by atoms with E-state index in [9.17, 15) is 9.59 Å². The molecule has 1 amide bonds.